The van der Waals surface area contributed by atoms with Gasteiger partial charge in [-0.1, -0.05) is 25.9 Å². The van der Waals surface area contributed by atoms with Crippen molar-refractivity contribution >= 4 is 29.2 Å². The van der Waals surface area contributed by atoms with Crippen molar-refractivity contribution in [2.75, 3.05) is 26.9 Å². The van der Waals surface area contributed by atoms with Crippen LogP contribution >= 0.6 is 0 Å². The van der Waals surface area contributed by atoms with Gasteiger partial charge in [0.05, 0.1) is 25.8 Å². The Hall–Kier alpha value is -2.53. The lowest BCUT2D eigenvalue weighted by molar-refractivity contribution is -0.132. The Labute approximate surface area is 195 Å². The van der Waals surface area contributed by atoms with Crippen molar-refractivity contribution < 1.29 is 33.5 Å². The van der Waals surface area contributed by atoms with Gasteiger partial charge in [0.15, 0.2) is 5.78 Å². The normalized spacial score (nSPS) is 19.6. The lowest BCUT2D eigenvalue weighted by Crippen LogP contribution is -2.54. The number of Topliss-reactive ketones (excluding diaryl/α,β-unsaturated/α-hetero) is 1. The van der Waals surface area contributed by atoms with Gasteiger partial charge in [-0.05, 0) is 39.5 Å². The first kappa shape index (κ1) is 28.5. The van der Waals surface area contributed by atoms with Gasteiger partial charge in [-0.3, -0.25) is 19.2 Å². The Morgan fingerprint density at radius 3 is 2.21 bits per heavy atom. The van der Waals surface area contributed by atoms with Gasteiger partial charge >= 0.3 is 0 Å². The monoisotopic (exact) mass is 470 g/mol. The summed E-state index contributed by atoms with van der Waals surface area (Å²) in [6.07, 6.45) is 0.560. The number of ether oxygens (including phenoxy) is 2. The van der Waals surface area contributed by atoms with Crippen LogP contribution in [-0.2, 0) is 33.5 Å². The number of hydrogen-bond donors (Lipinski definition) is 3. The SMILES string of the molecule is CC/C(=N\OC(C)C)C(=O)N[C@@H](COC)C(=O)NCC(=O)N[C@@H](CC(C)C)C(=O)C1(C)CO1. The molecule has 3 atom stereocenters. The Morgan fingerprint density at radius 2 is 1.73 bits per heavy atom. The van der Waals surface area contributed by atoms with Gasteiger partial charge in [-0.2, -0.15) is 0 Å². The van der Waals surface area contributed by atoms with Gasteiger partial charge in [0.1, 0.15) is 23.5 Å². The lowest BCUT2D eigenvalue weighted by atomic mass is 9.93. The third-order valence-electron chi connectivity index (χ3n) is 4.81. The number of oxime groups is 1. The van der Waals surface area contributed by atoms with Crippen LogP contribution in [-0.4, -0.2) is 79.9 Å². The number of rotatable bonds is 15. The molecule has 0 aromatic carbocycles. The fourth-order valence-corrected chi connectivity index (χ4v) is 2.88. The van der Waals surface area contributed by atoms with Crippen LogP contribution in [0.2, 0.25) is 0 Å². The van der Waals surface area contributed by atoms with Gasteiger partial charge in [-0.15, -0.1) is 0 Å². The van der Waals surface area contributed by atoms with Crippen LogP contribution in [0.25, 0.3) is 0 Å². The zero-order chi connectivity index (χ0) is 25.2. The molecule has 0 bridgehead atoms. The largest absolute Gasteiger partial charge is 0.393 e. The summed E-state index contributed by atoms with van der Waals surface area (Å²) >= 11 is 0. The molecule has 1 unspecified atom stereocenters. The number of amides is 3. The molecule has 1 heterocycles. The minimum Gasteiger partial charge on any atom is -0.393 e. The van der Waals surface area contributed by atoms with Crippen LogP contribution in [0.4, 0.5) is 0 Å². The van der Waals surface area contributed by atoms with E-state index in [4.69, 9.17) is 14.3 Å². The molecular weight excluding hydrogens is 432 g/mol. The first-order valence-corrected chi connectivity index (χ1v) is 11.2. The van der Waals surface area contributed by atoms with Crippen LogP contribution in [0.5, 0.6) is 0 Å². The van der Waals surface area contributed by atoms with Crippen LogP contribution in [0, 0.1) is 5.92 Å². The highest BCUT2D eigenvalue weighted by Crippen LogP contribution is 2.29. The molecule has 1 saturated heterocycles. The van der Waals surface area contributed by atoms with Crippen LogP contribution < -0.4 is 16.0 Å². The van der Waals surface area contributed by atoms with Gasteiger partial charge in [0.2, 0.25) is 11.8 Å². The predicted octanol–water partition coefficient (Wildman–Crippen LogP) is 0.314. The molecule has 0 aliphatic carbocycles. The smallest absolute Gasteiger partial charge is 0.269 e. The minimum atomic E-state index is -1.04. The maximum atomic E-state index is 12.6. The average Bonchev–Trinajstić information content (AvgIpc) is 3.49. The summed E-state index contributed by atoms with van der Waals surface area (Å²) in [6.45, 7) is 10.7. The highest BCUT2D eigenvalue weighted by molar-refractivity contribution is 6.39. The first-order valence-electron chi connectivity index (χ1n) is 11.2. The summed E-state index contributed by atoms with van der Waals surface area (Å²) < 4.78 is 10.2. The molecule has 11 nitrogen and oxygen atoms in total. The van der Waals surface area contributed by atoms with E-state index in [-0.39, 0.29) is 36.7 Å². The standard InChI is InChI=1S/C22H38N4O7/c1-8-15(26-33-14(4)5)21(30)25-17(11-31-7)20(29)23-10-18(27)24-16(9-13(2)3)19(28)22(6)12-32-22/h13-14,16-17H,8-12H2,1-7H3,(H,23,29)(H,24,27)(H,25,30)/b26-15+/t16-,17-,22?/m0/s1. The van der Waals surface area contributed by atoms with Crippen molar-refractivity contribution in [1.82, 2.24) is 16.0 Å². The third-order valence-corrected chi connectivity index (χ3v) is 4.81. The molecule has 0 radical (unpaired) electrons. The van der Waals surface area contributed by atoms with Crippen molar-refractivity contribution in [3.63, 3.8) is 0 Å². The second-order valence-corrected chi connectivity index (χ2v) is 8.88. The van der Waals surface area contributed by atoms with E-state index in [1.165, 1.54) is 7.11 Å². The Morgan fingerprint density at radius 1 is 1.09 bits per heavy atom. The Kier molecular flexibility index (Phi) is 11.4. The lowest BCUT2D eigenvalue weighted by Gasteiger charge is -2.22. The number of ketones is 1. The number of nitrogens with zero attached hydrogens (tertiary/aromatic N) is 1. The first-order chi connectivity index (χ1) is 15.4. The number of methoxy groups -OCH3 is 1. The number of carbonyl (C=O) groups is 4. The second kappa shape index (κ2) is 13.2. The van der Waals surface area contributed by atoms with Crippen molar-refractivity contribution in [2.24, 2.45) is 11.1 Å². The second-order valence-electron chi connectivity index (χ2n) is 8.88. The van der Waals surface area contributed by atoms with Crippen molar-refractivity contribution in [2.45, 2.75) is 78.2 Å². The Balaban J connectivity index is 2.69. The molecule has 1 aliphatic heterocycles. The van der Waals surface area contributed by atoms with Gasteiger partial charge in [0, 0.05) is 7.11 Å². The van der Waals surface area contributed by atoms with Crippen LogP contribution in [0.1, 0.15) is 54.4 Å². The van der Waals surface area contributed by atoms with E-state index in [0.717, 1.165) is 0 Å². The van der Waals surface area contributed by atoms with E-state index in [1.807, 2.05) is 13.8 Å². The van der Waals surface area contributed by atoms with E-state index < -0.39 is 35.4 Å². The molecule has 0 aromatic heterocycles. The highest BCUT2D eigenvalue weighted by atomic mass is 16.6. The van der Waals surface area contributed by atoms with E-state index in [2.05, 4.69) is 21.1 Å². The predicted molar refractivity (Wildman–Crippen MR) is 122 cm³/mol. The number of carbonyl (C=O) groups excluding carboxylic acids is 4. The van der Waals surface area contributed by atoms with E-state index in [9.17, 15) is 19.2 Å². The molecule has 0 aromatic rings. The van der Waals surface area contributed by atoms with Gasteiger partial charge in [-0.25, -0.2) is 0 Å². The molecule has 11 heteroatoms. The quantitative estimate of drug-likeness (QED) is 0.177. The Bertz CT molecular complexity index is 732. The van der Waals surface area contributed by atoms with Gasteiger partial charge in [0.25, 0.3) is 5.91 Å². The molecule has 3 amide bonds. The van der Waals surface area contributed by atoms with E-state index in [0.29, 0.717) is 19.4 Å². The molecule has 3 N–H and O–H groups in total. The minimum absolute atomic E-state index is 0.106. The summed E-state index contributed by atoms with van der Waals surface area (Å²) in [4.78, 5) is 55.2. The van der Waals surface area contributed by atoms with E-state index >= 15 is 0 Å². The fraction of sp³-hybridized carbons (Fsp3) is 0.773. The molecule has 0 spiro atoms. The molecular formula is C22H38N4O7. The summed E-state index contributed by atoms with van der Waals surface area (Å²) in [6, 6.07) is -1.75. The molecule has 188 valence electrons. The van der Waals surface area contributed by atoms with Crippen LogP contribution in [0.3, 0.4) is 0 Å². The molecule has 1 aliphatic rings. The number of nitrogens with one attached hydrogen (secondary N) is 3. The molecule has 1 fully saturated rings. The molecule has 33 heavy (non-hydrogen) atoms. The van der Waals surface area contributed by atoms with E-state index in [1.54, 1.807) is 27.7 Å². The van der Waals surface area contributed by atoms with Gasteiger partial charge < -0.3 is 30.3 Å². The maximum absolute atomic E-state index is 12.6. The van der Waals surface area contributed by atoms with Crippen molar-refractivity contribution in [1.29, 1.82) is 0 Å². The molecule has 1 rings (SSSR count). The third kappa shape index (κ3) is 9.87. The summed E-state index contributed by atoms with van der Waals surface area (Å²) in [5.41, 5.74) is -0.733. The highest BCUT2D eigenvalue weighted by Gasteiger charge is 2.50. The summed E-state index contributed by atoms with van der Waals surface area (Å²) in [5.74, 6) is -1.71. The average molecular weight is 471 g/mol. The van der Waals surface area contributed by atoms with Crippen molar-refractivity contribution in [3.05, 3.63) is 0 Å². The zero-order valence-corrected chi connectivity index (χ0v) is 20.6. The number of epoxide rings is 1. The molecule has 0 saturated carbocycles. The topological polar surface area (TPSA) is 148 Å². The van der Waals surface area contributed by atoms with Crippen LogP contribution in [0.15, 0.2) is 5.16 Å². The maximum Gasteiger partial charge on any atom is 0.269 e. The summed E-state index contributed by atoms with van der Waals surface area (Å²) in [5, 5.41) is 11.5. The summed E-state index contributed by atoms with van der Waals surface area (Å²) in [7, 11) is 1.39. The number of hydrogen-bond acceptors (Lipinski definition) is 8. The fourth-order valence-electron chi connectivity index (χ4n) is 2.88. The van der Waals surface area contributed by atoms with Crippen molar-refractivity contribution in [3.8, 4) is 0 Å². The zero-order valence-electron chi connectivity index (χ0n) is 20.6.